The third-order valence-corrected chi connectivity index (χ3v) is 2.51. The minimum atomic E-state index is -2.81. The largest absolute Gasteiger partial charge is 1.00 e. The molecule has 1 atom stereocenters. The fraction of sp³-hybridized carbons (Fsp3) is 0.125. The molecule has 1 aliphatic rings. The summed E-state index contributed by atoms with van der Waals surface area (Å²) in [6.07, 6.45) is 2.62. The third kappa shape index (κ3) is 5.09. The number of aliphatic carboxylic acids is 2. The SMILES string of the molecule is O=C([O-])C1=CC(=S(=O)=O)C(C(=O)[O-])C=C1.[Na+].[Na+]. The van der Waals surface area contributed by atoms with Crippen molar-refractivity contribution in [3.8, 4) is 0 Å². The molecule has 80 valence electrons. The van der Waals surface area contributed by atoms with Gasteiger partial charge in [-0.1, -0.05) is 12.2 Å². The van der Waals surface area contributed by atoms with Crippen LogP contribution >= 0.6 is 0 Å². The van der Waals surface area contributed by atoms with Gasteiger partial charge in [0.05, 0.1) is 22.7 Å². The van der Waals surface area contributed by atoms with Gasteiger partial charge in [-0.05, 0) is 11.6 Å². The molecule has 0 amide bonds. The van der Waals surface area contributed by atoms with Gasteiger partial charge in [-0.2, -0.15) is 8.42 Å². The van der Waals surface area contributed by atoms with Crippen molar-refractivity contribution >= 4 is 27.1 Å². The number of hydrogen-bond acceptors (Lipinski definition) is 6. The summed E-state index contributed by atoms with van der Waals surface area (Å²) in [6.45, 7) is 0. The zero-order valence-electron chi connectivity index (χ0n) is 9.17. The zero-order valence-corrected chi connectivity index (χ0v) is 14.0. The van der Waals surface area contributed by atoms with Crippen molar-refractivity contribution in [3.05, 3.63) is 23.8 Å². The average molecular weight is 274 g/mol. The maximum Gasteiger partial charge on any atom is 1.00 e. The molecule has 0 spiro atoms. The molecule has 0 aromatic carbocycles. The van der Waals surface area contributed by atoms with Crippen molar-refractivity contribution in [3.63, 3.8) is 0 Å². The molecule has 0 N–H and O–H groups in total. The summed E-state index contributed by atoms with van der Waals surface area (Å²) in [6, 6.07) is 0. The average Bonchev–Trinajstić information content (AvgIpc) is 2.16. The molecule has 0 aliphatic heterocycles. The molecule has 17 heavy (non-hydrogen) atoms. The Morgan fingerprint density at radius 1 is 1.18 bits per heavy atom. The Bertz CT molecular complexity index is 508. The quantitative estimate of drug-likeness (QED) is 0.365. The summed E-state index contributed by atoms with van der Waals surface area (Å²) in [4.78, 5) is 20.3. The van der Waals surface area contributed by atoms with Crippen LogP contribution in [-0.2, 0) is 19.9 Å². The first kappa shape index (κ1) is 19.4. The summed E-state index contributed by atoms with van der Waals surface area (Å²) in [5, 5.41) is 20.9. The van der Waals surface area contributed by atoms with Crippen LogP contribution in [0.1, 0.15) is 0 Å². The second-order valence-electron chi connectivity index (χ2n) is 2.68. The first-order chi connectivity index (χ1) is 6.93. The molecule has 9 heteroatoms. The number of carboxylic acid groups (broad SMARTS) is 2. The second kappa shape index (κ2) is 8.25. The molecule has 0 radical (unpaired) electrons. The van der Waals surface area contributed by atoms with Crippen molar-refractivity contribution in [2.45, 2.75) is 0 Å². The minimum Gasteiger partial charge on any atom is -0.549 e. The fourth-order valence-corrected chi connectivity index (χ4v) is 1.66. The number of carbonyl (C=O) groups excluding carboxylic acids is 2. The van der Waals surface area contributed by atoms with Crippen LogP contribution in [0.4, 0.5) is 0 Å². The fourth-order valence-electron chi connectivity index (χ4n) is 1.06. The maximum atomic E-state index is 10.6. The number of allylic oxidation sites excluding steroid dienone is 1. The van der Waals surface area contributed by atoms with E-state index < -0.39 is 38.6 Å². The summed E-state index contributed by atoms with van der Waals surface area (Å²) >= 11 is 0. The van der Waals surface area contributed by atoms with Crippen LogP contribution in [0.3, 0.4) is 0 Å². The molecular formula is C8H4Na2O6S. The van der Waals surface area contributed by atoms with E-state index in [1.54, 1.807) is 0 Å². The Morgan fingerprint density at radius 3 is 2.06 bits per heavy atom. The van der Waals surface area contributed by atoms with Crippen LogP contribution in [0.15, 0.2) is 23.8 Å². The van der Waals surface area contributed by atoms with E-state index in [9.17, 15) is 28.2 Å². The summed E-state index contributed by atoms with van der Waals surface area (Å²) in [5.41, 5.74) is -0.397. The smallest absolute Gasteiger partial charge is 0.549 e. The van der Waals surface area contributed by atoms with E-state index in [4.69, 9.17) is 0 Å². The van der Waals surface area contributed by atoms with E-state index in [1.807, 2.05) is 0 Å². The van der Waals surface area contributed by atoms with E-state index in [0.29, 0.717) is 0 Å². The first-order valence-corrected chi connectivity index (χ1v) is 4.79. The summed E-state index contributed by atoms with van der Waals surface area (Å²) in [7, 11) is -2.81. The van der Waals surface area contributed by atoms with E-state index in [1.165, 1.54) is 0 Å². The Kier molecular flexibility index (Phi) is 9.44. The number of rotatable bonds is 2. The minimum absolute atomic E-state index is 0. The number of carboxylic acids is 2. The van der Waals surface area contributed by atoms with Crippen LogP contribution in [0, 0.1) is 5.92 Å². The molecule has 0 fully saturated rings. The topological polar surface area (TPSA) is 114 Å². The predicted octanol–water partition coefficient (Wildman–Crippen LogP) is -9.34. The van der Waals surface area contributed by atoms with Crippen molar-refractivity contribution in [1.29, 1.82) is 0 Å². The molecule has 0 aromatic heterocycles. The standard InChI is InChI=1S/C8H6O6S.2Na/c9-7(10)4-1-2-5(8(11)12)6(3-4)15(13)14;;/h1-3,5H,(H,9,10)(H,11,12);;/q;2*+1/p-2. The van der Waals surface area contributed by atoms with Gasteiger partial charge in [0.2, 0.25) is 10.3 Å². The van der Waals surface area contributed by atoms with Gasteiger partial charge < -0.3 is 19.8 Å². The zero-order chi connectivity index (χ0) is 11.6. The molecule has 6 nitrogen and oxygen atoms in total. The van der Waals surface area contributed by atoms with Gasteiger partial charge in [-0.3, -0.25) is 0 Å². The third-order valence-electron chi connectivity index (χ3n) is 1.75. The molecular weight excluding hydrogens is 270 g/mol. The Morgan fingerprint density at radius 2 is 1.71 bits per heavy atom. The second-order valence-corrected chi connectivity index (χ2v) is 3.62. The van der Waals surface area contributed by atoms with Gasteiger partial charge in [0.1, 0.15) is 0 Å². The Labute approximate surface area is 143 Å². The van der Waals surface area contributed by atoms with Gasteiger partial charge in [-0.25, -0.2) is 0 Å². The van der Waals surface area contributed by atoms with Crippen LogP contribution < -0.4 is 69.3 Å². The maximum absolute atomic E-state index is 10.6. The van der Waals surface area contributed by atoms with E-state index in [-0.39, 0.29) is 59.1 Å². The van der Waals surface area contributed by atoms with Crippen molar-refractivity contribution < 1.29 is 87.3 Å². The molecule has 1 unspecified atom stereocenters. The summed E-state index contributed by atoms with van der Waals surface area (Å²) in [5.74, 6) is -4.64. The van der Waals surface area contributed by atoms with Gasteiger partial charge in [0, 0.05) is 0 Å². The number of hydrogen-bond donors (Lipinski definition) is 0. The molecule has 0 aromatic rings. The van der Waals surface area contributed by atoms with Crippen molar-refractivity contribution in [2.75, 3.05) is 0 Å². The van der Waals surface area contributed by atoms with Crippen LogP contribution in [0.25, 0.3) is 0 Å². The number of carbonyl (C=O) groups is 2. The molecule has 0 saturated carbocycles. The van der Waals surface area contributed by atoms with Gasteiger partial charge in [0.15, 0.2) is 0 Å². The van der Waals surface area contributed by atoms with Crippen molar-refractivity contribution in [2.24, 2.45) is 5.92 Å². The van der Waals surface area contributed by atoms with E-state index in [0.717, 1.165) is 18.2 Å². The van der Waals surface area contributed by atoms with Crippen LogP contribution in [0.5, 0.6) is 0 Å². The molecule has 1 aliphatic carbocycles. The predicted molar refractivity (Wildman–Crippen MR) is 44.7 cm³/mol. The van der Waals surface area contributed by atoms with Gasteiger partial charge in [-0.15, -0.1) is 0 Å². The van der Waals surface area contributed by atoms with Crippen LogP contribution in [0.2, 0.25) is 0 Å². The first-order valence-electron chi connectivity index (χ1n) is 3.71. The molecule has 0 saturated heterocycles. The summed E-state index contributed by atoms with van der Waals surface area (Å²) < 4.78 is 21.2. The van der Waals surface area contributed by atoms with Gasteiger partial charge >= 0.3 is 59.1 Å². The van der Waals surface area contributed by atoms with Gasteiger partial charge in [0.25, 0.3) is 0 Å². The van der Waals surface area contributed by atoms with E-state index >= 15 is 0 Å². The molecule has 0 heterocycles. The van der Waals surface area contributed by atoms with E-state index in [2.05, 4.69) is 0 Å². The normalized spacial score (nSPS) is 17.3. The Balaban J connectivity index is 0. The molecule has 1 rings (SSSR count). The van der Waals surface area contributed by atoms with Crippen LogP contribution in [-0.4, -0.2) is 25.2 Å². The monoisotopic (exact) mass is 274 g/mol. The Hall–Kier alpha value is 0.110. The molecule has 0 bridgehead atoms. The van der Waals surface area contributed by atoms with Crippen molar-refractivity contribution in [1.82, 2.24) is 0 Å².